The molecule has 1 heterocycles. The summed E-state index contributed by atoms with van der Waals surface area (Å²) in [5.41, 5.74) is 5.77. The van der Waals surface area contributed by atoms with E-state index in [2.05, 4.69) is 15.3 Å². The lowest BCUT2D eigenvalue weighted by molar-refractivity contribution is -0.137. The summed E-state index contributed by atoms with van der Waals surface area (Å²) in [6, 6.07) is 13.1. The third-order valence-corrected chi connectivity index (χ3v) is 3.98. The van der Waals surface area contributed by atoms with Crippen LogP contribution in [0.2, 0.25) is 0 Å². The number of anilines is 4. The highest BCUT2D eigenvalue weighted by Gasteiger charge is 2.30. The largest absolute Gasteiger partial charge is 0.416 e. The van der Waals surface area contributed by atoms with Gasteiger partial charge in [0.15, 0.2) is 0 Å². The second kappa shape index (κ2) is 7.55. The quantitative estimate of drug-likeness (QED) is 0.688. The average molecular weight is 387 g/mol. The van der Waals surface area contributed by atoms with E-state index >= 15 is 0 Å². The summed E-state index contributed by atoms with van der Waals surface area (Å²) in [7, 11) is 1.61. The Bertz CT molecular complexity index is 1010. The number of nitrogens with two attached hydrogens (primary N) is 1. The SMILES string of the molecule is CN(c1cccc(C(F)(F)F)c1)c1cc(Nc2cccc(C(N)=O)c2)ncn1. The van der Waals surface area contributed by atoms with Gasteiger partial charge in [0.2, 0.25) is 5.91 Å². The number of aromatic nitrogens is 2. The maximum absolute atomic E-state index is 12.9. The Morgan fingerprint density at radius 2 is 1.82 bits per heavy atom. The fourth-order valence-electron chi connectivity index (χ4n) is 2.52. The van der Waals surface area contributed by atoms with Crippen LogP contribution in [0.25, 0.3) is 0 Å². The Labute approximate surface area is 158 Å². The van der Waals surface area contributed by atoms with Crippen LogP contribution in [0.15, 0.2) is 60.9 Å². The molecule has 9 heteroatoms. The van der Waals surface area contributed by atoms with Crippen LogP contribution in [0.5, 0.6) is 0 Å². The maximum Gasteiger partial charge on any atom is 0.416 e. The molecule has 0 atom stereocenters. The molecule has 28 heavy (non-hydrogen) atoms. The van der Waals surface area contributed by atoms with E-state index in [4.69, 9.17) is 5.73 Å². The molecule has 3 rings (SSSR count). The van der Waals surface area contributed by atoms with E-state index in [-0.39, 0.29) is 0 Å². The zero-order valence-corrected chi connectivity index (χ0v) is 14.7. The first kappa shape index (κ1) is 19.2. The molecular weight excluding hydrogens is 371 g/mol. The van der Waals surface area contributed by atoms with Crippen molar-refractivity contribution in [3.05, 3.63) is 72.1 Å². The molecule has 6 nitrogen and oxygen atoms in total. The Hall–Kier alpha value is -3.62. The van der Waals surface area contributed by atoms with Crippen molar-refractivity contribution in [1.82, 2.24) is 9.97 Å². The van der Waals surface area contributed by atoms with Crippen molar-refractivity contribution in [2.75, 3.05) is 17.3 Å². The molecule has 3 aromatic rings. The molecule has 0 saturated carbocycles. The number of halogens is 3. The molecular formula is C19H16F3N5O. The van der Waals surface area contributed by atoms with Gasteiger partial charge in [-0.15, -0.1) is 0 Å². The standard InChI is InChI=1S/C19H16F3N5O/c1-27(15-7-3-5-13(9-15)19(20,21)22)17-10-16(24-11-25-17)26-14-6-2-4-12(8-14)18(23)28/h2-11H,1H3,(H2,23,28)(H,24,25,26). The van der Waals surface area contributed by atoms with Gasteiger partial charge in [-0.1, -0.05) is 12.1 Å². The molecule has 0 saturated heterocycles. The van der Waals surface area contributed by atoms with Crippen molar-refractivity contribution >= 4 is 28.9 Å². The topological polar surface area (TPSA) is 84.1 Å². The molecule has 0 aliphatic rings. The predicted octanol–water partition coefficient (Wildman–Crippen LogP) is 4.11. The lowest BCUT2D eigenvalue weighted by atomic mass is 10.2. The first-order valence-electron chi connectivity index (χ1n) is 8.14. The third-order valence-electron chi connectivity index (χ3n) is 3.98. The summed E-state index contributed by atoms with van der Waals surface area (Å²) in [6.07, 6.45) is -3.14. The molecule has 0 bridgehead atoms. The Morgan fingerprint density at radius 3 is 2.54 bits per heavy atom. The smallest absolute Gasteiger partial charge is 0.366 e. The lowest BCUT2D eigenvalue weighted by Crippen LogP contribution is -2.13. The van der Waals surface area contributed by atoms with Crippen LogP contribution < -0.4 is 16.0 Å². The normalized spacial score (nSPS) is 11.1. The van der Waals surface area contributed by atoms with Gasteiger partial charge in [0.25, 0.3) is 0 Å². The van der Waals surface area contributed by atoms with Crippen LogP contribution in [-0.2, 0) is 6.18 Å². The van der Waals surface area contributed by atoms with Gasteiger partial charge in [0.1, 0.15) is 18.0 Å². The summed E-state index contributed by atoms with van der Waals surface area (Å²) in [5, 5.41) is 3.02. The minimum Gasteiger partial charge on any atom is -0.366 e. The number of alkyl halides is 3. The molecule has 0 radical (unpaired) electrons. The summed E-state index contributed by atoms with van der Waals surface area (Å²) in [6.45, 7) is 0. The number of nitrogens with zero attached hydrogens (tertiary/aromatic N) is 3. The van der Waals surface area contributed by atoms with Crippen LogP contribution in [-0.4, -0.2) is 22.9 Å². The molecule has 0 aliphatic carbocycles. The van der Waals surface area contributed by atoms with E-state index in [0.29, 0.717) is 28.6 Å². The highest BCUT2D eigenvalue weighted by molar-refractivity contribution is 5.93. The molecule has 144 valence electrons. The highest BCUT2D eigenvalue weighted by atomic mass is 19.4. The Balaban J connectivity index is 1.85. The van der Waals surface area contributed by atoms with Crippen molar-refractivity contribution in [1.29, 1.82) is 0 Å². The monoisotopic (exact) mass is 387 g/mol. The lowest BCUT2D eigenvalue weighted by Gasteiger charge is -2.20. The van der Waals surface area contributed by atoms with Gasteiger partial charge in [-0.05, 0) is 36.4 Å². The van der Waals surface area contributed by atoms with Crippen molar-refractivity contribution in [3.8, 4) is 0 Å². The Morgan fingerprint density at radius 1 is 1.07 bits per heavy atom. The average Bonchev–Trinajstić information content (AvgIpc) is 2.67. The van der Waals surface area contributed by atoms with E-state index in [9.17, 15) is 18.0 Å². The van der Waals surface area contributed by atoms with Gasteiger partial charge in [-0.3, -0.25) is 4.79 Å². The van der Waals surface area contributed by atoms with Crippen molar-refractivity contribution in [3.63, 3.8) is 0 Å². The van der Waals surface area contributed by atoms with Crippen LogP contribution >= 0.6 is 0 Å². The Kier molecular flexibility index (Phi) is 5.16. The van der Waals surface area contributed by atoms with E-state index in [0.717, 1.165) is 12.1 Å². The molecule has 0 fully saturated rings. The van der Waals surface area contributed by atoms with E-state index < -0.39 is 17.6 Å². The summed E-state index contributed by atoms with van der Waals surface area (Å²) in [5.74, 6) is 0.240. The zero-order valence-electron chi connectivity index (χ0n) is 14.7. The van der Waals surface area contributed by atoms with Crippen LogP contribution in [0.4, 0.5) is 36.2 Å². The van der Waals surface area contributed by atoms with E-state index in [1.165, 1.54) is 17.3 Å². The van der Waals surface area contributed by atoms with Gasteiger partial charge in [0, 0.05) is 30.1 Å². The van der Waals surface area contributed by atoms with Crippen LogP contribution in [0.1, 0.15) is 15.9 Å². The van der Waals surface area contributed by atoms with E-state index in [1.807, 2.05) is 0 Å². The van der Waals surface area contributed by atoms with Gasteiger partial charge in [0.05, 0.1) is 5.56 Å². The number of carbonyl (C=O) groups excluding carboxylic acids is 1. The van der Waals surface area contributed by atoms with Gasteiger partial charge >= 0.3 is 6.18 Å². The second-order valence-corrected chi connectivity index (χ2v) is 5.94. The third kappa shape index (κ3) is 4.37. The fourth-order valence-corrected chi connectivity index (χ4v) is 2.52. The molecule has 1 aromatic heterocycles. The number of carbonyl (C=O) groups is 1. The van der Waals surface area contributed by atoms with Gasteiger partial charge in [-0.2, -0.15) is 13.2 Å². The number of primary amides is 1. The number of hydrogen-bond acceptors (Lipinski definition) is 5. The fraction of sp³-hybridized carbons (Fsp3) is 0.105. The molecule has 2 aromatic carbocycles. The number of rotatable bonds is 5. The van der Waals surface area contributed by atoms with Crippen LogP contribution in [0.3, 0.4) is 0 Å². The van der Waals surface area contributed by atoms with Crippen molar-refractivity contribution in [2.45, 2.75) is 6.18 Å². The number of amides is 1. The molecule has 0 spiro atoms. The zero-order chi connectivity index (χ0) is 20.3. The highest BCUT2D eigenvalue weighted by Crippen LogP contribution is 2.33. The predicted molar refractivity (Wildman–Crippen MR) is 99.8 cm³/mol. The van der Waals surface area contributed by atoms with Gasteiger partial charge < -0.3 is 16.0 Å². The van der Waals surface area contributed by atoms with Crippen molar-refractivity contribution in [2.24, 2.45) is 5.73 Å². The van der Waals surface area contributed by atoms with E-state index in [1.54, 1.807) is 43.4 Å². The second-order valence-electron chi connectivity index (χ2n) is 5.94. The minimum absolute atomic E-state index is 0.329. The molecule has 0 unspecified atom stereocenters. The number of benzene rings is 2. The number of nitrogens with one attached hydrogen (secondary N) is 1. The first-order chi connectivity index (χ1) is 13.2. The number of hydrogen-bond donors (Lipinski definition) is 2. The summed E-state index contributed by atoms with van der Waals surface area (Å²) >= 11 is 0. The minimum atomic E-state index is -4.43. The maximum atomic E-state index is 12.9. The molecule has 3 N–H and O–H groups in total. The van der Waals surface area contributed by atoms with Crippen LogP contribution in [0, 0.1) is 0 Å². The summed E-state index contributed by atoms with van der Waals surface area (Å²) < 4.78 is 38.8. The molecule has 0 aliphatic heterocycles. The van der Waals surface area contributed by atoms with Gasteiger partial charge in [-0.25, -0.2) is 9.97 Å². The van der Waals surface area contributed by atoms with Crippen molar-refractivity contribution < 1.29 is 18.0 Å². The molecule has 1 amide bonds. The first-order valence-corrected chi connectivity index (χ1v) is 8.14. The summed E-state index contributed by atoms with van der Waals surface area (Å²) in [4.78, 5) is 21.0.